The molecule has 1 aliphatic rings. The summed E-state index contributed by atoms with van der Waals surface area (Å²) in [6.45, 7) is 3.98. The number of nitrogens with one attached hydrogen (secondary N) is 2. The highest BCUT2D eigenvalue weighted by molar-refractivity contribution is 5.92. The van der Waals surface area contributed by atoms with E-state index < -0.39 is 24.1 Å². The molecule has 0 radical (unpaired) electrons. The van der Waals surface area contributed by atoms with Gasteiger partial charge in [0.2, 0.25) is 17.7 Å². The van der Waals surface area contributed by atoms with Crippen molar-refractivity contribution in [2.45, 2.75) is 57.7 Å². The molecule has 1 aromatic carbocycles. The van der Waals surface area contributed by atoms with Crippen molar-refractivity contribution in [3.63, 3.8) is 0 Å². The second-order valence-electron chi connectivity index (χ2n) is 8.55. The van der Waals surface area contributed by atoms with Gasteiger partial charge in [-0.25, -0.2) is 0 Å². The van der Waals surface area contributed by atoms with Crippen LogP contribution in [0.4, 0.5) is 0 Å². The Labute approximate surface area is 200 Å². The van der Waals surface area contributed by atoms with Gasteiger partial charge in [0, 0.05) is 39.5 Å². The first-order chi connectivity index (χ1) is 16.1. The Morgan fingerprint density at radius 1 is 1.18 bits per heavy atom. The molecular weight excluding hydrogens is 440 g/mol. The SMILES string of the molecule is COc1ccc(C[C@@H]2NC(=O)CCCN(C(=O)[C@@H](C)O)CCCNC(=O)[C@H](C)N(C)C2=O)cc1. The van der Waals surface area contributed by atoms with Gasteiger partial charge in [0.25, 0.3) is 5.91 Å². The number of carbonyl (C=O) groups is 4. The van der Waals surface area contributed by atoms with Crippen molar-refractivity contribution in [1.29, 1.82) is 0 Å². The summed E-state index contributed by atoms with van der Waals surface area (Å²) >= 11 is 0. The van der Waals surface area contributed by atoms with Crippen LogP contribution >= 0.6 is 0 Å². The number of amides is 4. The highest BCUT2D eigenvalue weighted by Crippen LogP contribution is 2.14. The Kier molecular flexibility index (Phi) is 10.3. The van der Waals surface area contributed by atoms with Gasteiger partial charge in [-0.3, -0.25) is 19.2 Å². The van der Waals surface area contributed by atoms with E-state index in [1.807, 2.05) is 12.1 Å². The van der Waals surface area contributed by atoms with Crippen LogP contribution < -0.4 is 15.4 Å². The third kappa shape index (κ3) is 7.72. The molecule has 3 N–H and O–H groups in total. The van der Waals surface area contributed by atoms with Crippen molar-refractivity contribution >= 4 is 23.6 Å². The molecule has 0 bridgehead atoms. The Balaban J connectivity index is 2.22. The lowest BCUT2D eigenvalue weighted by Gasteiger charge is -2.29. The minimum atomic E-state index is -1.15. The van der Waals surface area contributed by atoms with E-state index in [-0.39, 0.29) is 30.6 Å². The predicted octanol–water partition coefficient (Wildman–Crippen LogP) is 0.0789. The molecule has 0 aromatic heterocycles. The number of rotatable bonds is 4. The molecule has 0 unspecified atom stereocenters. The van der Waals surface area contributed by atoms with Crippen molar-refractivity contribution in [1.82, 2.24) is 20.4 Å². The summed E-state index contributed by atoms with van der Waals surface area (Å²) in [4.78, 5) is 53.7. The van der Waals surface area contributed by atoms with Gasteiger partial charge in [-0.05, 0) is 44.4 Å². The van der Waals surface area contributed by atoms with Crippen LogP contribution in [0.5, 0.6) is 5.75 Å². The summed E-state index contributed by atoms with van der Waals surface area (Å²) < 4.78 is 5.17. The number of aliphatic hydroxyl groups excluding tert-OH is 1. The third-order valence-corrected chi connectivity index (χ3v) is 5.95. The summed E-state index contributed by atoms with van der Waals surface area (Å²) in [5, 5.41) is 15.3. The van der Waals surface area contributed by atoms with Crippen molar-refractivity contribution in [3.05, 3.63) is 29.8 Å². The number of hydrogen-bond acceptors (Lipinski definition) is 6. The Bertz CT molecular complexity index is 858. The first kappa shape index (κ1) is 27.1. The van der Waals surface area contributed by atoms with Gasteiger partial charge in [0.1, 0.15) is 23.9 Å². The molecule has 4 amide bonds. The van der Waals surface area contributed by atoms with Crippen LogP contribution in [0.3, 0.4) is 0 Å². The first-order valence-electron chi connectivity index (χ1n) is 11.6. The maximum Gasteiger partial charge on any atom is 0.251 e. The second kappa shape index (κ2) is 12.9. The van der Waals surface area contributed by atoms with Gasteiger partial charge in [0.05, 0.1) is 7.11 Å². The van der Waals surface area contributed by atoms with E-state index in [1.165, 1.54) is 16.7 Å². The largest absolute Gasteiger partial charge is 0.497 e. The number of likely N-dealkylation sites (N-methyl/N-ethyl adjacent to an activating group) is 1. The molecule has 10 nitrogen and oxygen atoms in total. The van der Waals surface area contributed by atoms with Gasteiger partial charge in [-0.15, -0.1) is 0 Å². The summed E-state index contributed by atoms with van der Waals surface area (Å²) in [7, 11) is 3.11. The van der Waals surface area contributed by atoms with Gasteiger partial charge >= 0.3 is 0 Å². The molecule has 2 rings (SSSR count). The van der Waals surface area contributed by atoms with Gasteiger partial charge < -0.3 is 30.3 Å². The molecule has 0 saturated carbocycles. The molecule has 1 aromatic rings. The fraction of sp³-hybridized carbons (Fsp3) is 0.583. The molecule has 1 fully saturated rings. The topological polar surface area (TPSA) is 128 Å². The highest BCUT2D eigenvalue weighted by atomic mass is 16.5. The fourth-order valence-corrected chi connectivity index (χ4v) is 3.73. The molecule has 188 valence electrons. The zero-order valence-corrected chi connectivity index (χ0v) is 20.4. The van der Waals surface area contributed by atoms with Gasteiger partial charge in [-0.1, -0.05) is 12.1 Å². The number of ether oxygens (including phenoxy) is 1. The molecule has 0 spiro atoms. The fourth-order valence-electron chi connectivity index (χ4n) is 3.73. The van der Waals surface area contributed by atoms with Gasteiger partial charge in [-0.2, -0.15) is 0 Å². The van der Waals surface area contributed by atoms with Gasteiger partial charge in [0.15, 0.2) is 0 Å². The number of nitrogens with zero attached hydrogens (tertiary/aromatic N) is 2. The zero-order chi connectivity index (χ0) is 25.3. The molecule has 0 aliphatic carbocycles. The van der Waals surface area contributed by atoms with E-state index in [1.54, 1.807) is 33.2 Å². The summed E-state index contributed by atoms with van der Waals surface area (Å²) in [6.07, 6.45) is 0.0881. The van der Waals surface area contributed by atoms with E-state index in [4.69, 9.17) is 4.74 Å². The Morgan fingerprint density at radius 2 is 1.82 bits per heavy atom. The number of carbonyl (C=O) groups excluding carboxylic acids is 4. The standard InChI is InChI=1S/C24H36N4O6/c1-16-22(31)25-12-6-14-28(23(32)17(2)29)13-5-7-21(30)26-20(24(33)27(16)3)15-18-8-10-19(34-4)11-9-18/h8-11,16-17,20,29H,5-7,12-15H2,1-4H3,(H,25,31)(H,26,30)/t16-,17+,20-/m0/s1. The van der Waals surface area contributed by atoms with Crippen LogP contribution in [0.15, 0.2) is 24.3 Å². The Morgan fingerprint density at radius 3 is 2.44 bits per heavy atom. The maximum absolute atomic E-state index is 13.3. The maximum atomic E-state index is 13.3. The van der Waals surface area contributed by atoms with Crippen LogP contribution in [0, 0.1) is 0 Å². The lowest BCUT2D eigenvalue weighted by molar-refractivity contribution is -0.141. The van der Waals surface area contributed by atoms with Crippen LogP contribution in [0.1, 0.15) is 38.7 Å². The van der Waals surface area contributed by atoms with E-state index in [0.717, 1.165) is 5.56 Å². The van der Waals surface area contributed by atoms with Crippen LogP contribution in [-0.2, 0) is 25.6 Å². The van der Waals surface area contributed by atoms with Crippen molar-refractivity contribution in [2.24, 2.45) is 0 Å². The van der Waals surface area contributed by atoms with E-state index >= 15 is 0 Å². The molecule has 10 heteroatoms. The number of benzene rings is 1. The summed E-state index contributed by atoms with van der Waals surface area (Å²) in [5.74, 6) is -0.755. The quantitative estimate of drug-likeness (QED) is 0.565. The van der Waals surface area contributed by atoms with Crippen LogP contribution in [0.25, 0.3) is 0 Å². The van der Waals surface area contributed by atoms with Crippen molar-refractivity contribution in [2.75, 3.05) is 33.8 Å². The smallest absolute Gasteiger partial charge is 0.251 e. The van der Waals surface area contributed by atoms with E-state index in [2.05, 4.69) is 10.6 Å². The minimum Gasteiger partial charge on any atom is -0.497 e. The zero-order valence-electron chi connectivity index (χ0n) is 20.4. The Hall–Kier alpha value is -3.14. The molecule has 1 heterocycles. The number of methoxy groups -OCH3 is 1. The monoisotopic (exact) mass is 476 g/mol. The number of hydrogen-bond donors (Lipinski definition) is 3. The average Bonchev–Trinajstić information content (AvgIpc) is 2.83. The lowest BCUT2D eigenvalue weighted by Crippen LogP contribution is -2.54. The third-order valence-electron chi connectivity index (χ3n) is 5.95. The minimum absolute atomic E-state index is 0.117. The van der Waals surface area contributed by atoms with E-state index in [0.29, 0.717) is 38.2 Å². The van der Waals surface area contributed by atoms with E-state index in [9.17, 15) is 24.3 Å². The van der Waals surface area contributed by atoms with Crippen molar-refractivity contribution < 1.29 is 29.0 Å². The molecule has 1 saturated heterocycles. The lowest BCUT2D eigenvalue weighted by atomic mass is 10.0. The van der Waals surface area contributed by atoms with Crippen LogP contribution in [-0.4, -0.2) is 90.5 Å². The first-order valence-corrected chi connectivity index (χ1v) is 11.6. The summed E-state index contributed by atoms with van der Waals surface area (Å²) in [5.41, 5.74) is 0.830. The van der Waals surface area contributed by atoms with Crippen molar-refractivity contribution in [3.8, 4) is 5.75 Å². The molecule has 3 atom stereocenters. The number of aliphatic hydroxyl groups is 1. The predicted molar refractivity (Wildman–Crippen MR) is 126 cm³/mol. The molecule has 1 aliphatic heterocycles. The second-order valence-corrected chi connectivity index (χ2v) is 8.55. The highest BCUT2D eigenvalue weighted by Gasteiger charge is 2.30. The summed E-state index contributed by atoms with van der Waals surface area (Å²) in [6, 6.07) is 5.60. The van der Waals surface area contributed by atoms with Crippen LogP contribution in [0.2, 0.25) is 0 Å². The average molecular weight is 477 g/mol. The normalized spacial score (nSPS) is 22.2. The molecular formula is C24H36N4O6. The molecule has 34 heavy (non-hydrogen) atoms.